The number of carboxylic acids is 1. The number of hydrogen-bond acceptors (Lipinski definition) is 5. The highest BCUT2D eigenvalue weighted by Crippen LogP contribution is 2.26. The molecule has 0 aliphatic heterocycles. The molecule has 1 unspecified atom stereocenters. The Morgan fingerprint density at radius 1 is 1.29 bits per heavy atom. The Bertz CT molecular complexity index is 521. The van der Waals surface area contributed by atoms with E-state index in [0.717, 1.165) is 0 Å². The summed E-state index contributed by atoms with van der Waals surface area (Å²) in [4.78, 5) is 23.4. The van der Waals surface area contributed by atoms with Gasteiger partial charge in [0, 0.05) is 0 Å². The first kappa shape index (κ1) is 17.0. The molecule has 3 N–H and O–H groups in total. The third-order valence-corrected chi connectivity index (χ3v) is 2.76. The quantitative estimate of drug-likeness (QED) is 0.634. The van der Waals surface area contributed by atoms with Gasteiger partial charge in [-0.05, 0) is 38.5 Å². The van der Waals surface area contributed by atoms with Gasteiger partial charge in [-0.3, -0.25) is 9.59 Å². The molecule has 6 nitrogen and oxygen atoms in total. The van der Waals surface area contributed by atoms with Crippen LogP contribution in [0.4, 0.5) is 0 Å². The molecule has 1 rings (SSSR count). The third kappa shape index (κ3) is 4.75. The van der Waals surface area contributed by atoms with Crippen molar-refractivity contribution in [3.05, 3.63) is 29.8 Å². The van der Waals surface area contributed by atoms with E-state index in [1.165, 1.54) is 7.11 Å². The summed E-state index contributed by atoms with van der Waals surface area (Å²) in [5, 5.41) is 9.29. The van der Waals surface area contributed by atoms with Gasteiger partial charge in [0.05, 0.1) is 13.2 Å². The number of ether oxygens (including phenoxy) is 2. The SMILES string of the molecule is COc1cccc(C(N)[C@H](C(=O)O)C(=O)OC(C)(C)C)c1. The van der Waals surface area contributed by atoms with Crippen LogP contribution in [-0.2, 0) is 14.3 Å². The molecule has 0 amide bonds. The standard InChI is InChI=1S/C15H21NO5/c1-15(2,3)21-14(19)11(13(17)18)12(16)9-6-5-7-10(8-9)20-4/h5-8,11-12H,16H2,1-4H3,(H,17,18)/t11-,12?/m1/s1. The number of carbonyl (C=O) groups excluding carboxylic acids is 1. The largest absolute Gasteiger partial charge is 0.497 e. The predicted octanol–water partition coefficient (Wildman–Crippen LogP) is 1.74. The Kier molecular flexibility index (Phi) is 5.32. The Labute approximate surface area is 123 Å². The van der Waals surface area contributed by atoms with Crippen molar-refractivity contribution in [1.29, 1.82) is 0 Å². The van der Waals surface area contributed by atoms with Crippen molar-refractivity contribution < 1.29 is 24.2 Å². The fourth-order valence-electron chi connectivity index (χ4n) is 1.81. The summed E-state index contributed by atoms with van der Waals surface area (Å²) in [6, 6.07) is 5.62. The molecular weight excluding hydrogens is 274 g/mol. The molecular formula is C15H21NO5. The number of nitrogens with two attached hydrogens (primary N) is 1. The smallest absolute Gasteiger partial charge is 0.322 e. The monoisotopic (exact) mass is 295 g/mol. The van der Waals surface area contributed by atoms with Crippen molar-refractivity contribution >= 4 is 11.9 Å². The minimum atomic E-state index is -1.48. The molecule has 116 valence electrons. The Morgan fingerprint density at radius 2 is 1.90 bits per heavy atom. The lowest BCUT2D eigenvalue weighted by Gasteiger charge is -2.25. The average molecular weight is 295 g/mol. The van der Waals surface area contributed by atoms with Gasteiger partial charge in [0.1, 0.15) is 11.4 Å². The molecule has 0 saturated heterocycles. The molecule has 0 spiro atoms. The fourth-order valence-corrected chi connectivity index (χ4v) is 1.81. The summed E-state index contributed by atoms with van der Waals surface area (Å²) in [6.45, 7) is 5.00. The number of benzene rings is 1. The number of aliphatic carboxylic acids is 1. The van der Waals surface area contributed by atoms with E-state index in [1.807, 2.05) is 0 Å². The van der Waals surface area contributed by atoms with Crippen LogP contribution in [0, 0.1) is 5.92 Å². The van der Waals surface area contributed by atoms with E-state index in [2.05, 4.69) is 0 Å². The highest BCUT2D eigenvalue weighted by molar-refractivity contribution is 5.95. The van der Waals surface area contributed by atoms with Gasteiger partial charge in [0.25, 0.3) is 0 Å². The van der Waals surface area contributed by atoms with Crippen molar-refractivity contribution in [3.8, 4) is 5.75 Å². The lowest BCUT2D eigenvalue weighted by Crippen LogP contribution is -2.39. The summed E-state index contributed by atoms with van der Waals surface area (Å²) in [6.07, 6.45) is 0. The van der Waals surface area contributed by atoms with Crippen LogP contribution in [0.1, 0.15) is 32.4 Å². The third-order valence-electron chi connectivity index (χ3n) is 2.76. The zero-order chi connectivity index (χ0) is 16.2. The number of carboxylic acid groups (broad SMARTS) is 1. The van der Waals surface area contributed by atoms with Crippen molar-refractivity contribution in [2.24, 2.45) is 11.7 Å². The van der Waals surface area contributed by atoms with Gasteiger partial charge in [0.2, 0.25) is 0 Å². The topological polar surface area (TPSA) is 98.9 Å². The van der Waals surface area contributed by atoms with Crippen molar-refractivity contribution in [1.82, 2.24) is 0 Å². The molecule has 21 heavy (non-hydrogen) atoms. The first-order chi connectivity index (χ1) is 9.65. The lowest BCUT2D eigenvalue weighted by molar-refractivity contribution is -0.167. The molecule has 0 aliphatic rings. The second kappa shape index (κ2) is 6.58. The van der Waals surface area contributed by atoms with Crippen LogP contribution in [0.15, 0.2) is 24.3 Å². The van der Waals surface area contributed by atoms with E-state index in [9.17, 15) is 14.7 Å². The highest BCUT2D eigenvalue weighted by Gasteiger charge is 2.37. The van der Waals surface area contributed by atoms with E-state index in [-0.39, 0.29) is 0 Å². The number of rotatable bonds is 5. The first-order valence-electron chi connectivity index (χ1n) is 6.51. The molecule has 1 aromatic carbocycles. The molecule has 1 aromatic rings. The molecule has 0 fully saturated rings. The van der Waals surface area contributed by atoms with Gasteiger partial charge in [-0.1, -0.05) is 12.1 Å². The summed E-state index contributed by atoms with van der Waals surface area (Å²) in [5.41, 5.74) is 5.66. The molecule has 6 heteroatoms. The van der Waals surface area contributed by atoms with E-state index < -0.39 is 29.5 Å². The highest BCUT2D eigenvalue weighted by atomic mass is 16.6. The van der Waals surface area contributed by atoms with Crippen LogP contribution in [0.5, 0.6) is 5.75 Å². The molecule has 0 radical (unpaired) electrons. The second-order valence-electron chi connectivity index (χ2n) is 5.65. The summed E-state index contributed by atoms with van der Waals surface area (Å²) < 4.78 is 10.2. The van der Waals surface area contributed by atoms with Crippen LogP contribution in [-0.4, -0.2) is 29.8 Å². The van der Waals surface area contributed by atoms with Gasteiger partial charge in [0.15, 0.2) is 5.92 Å². The second-order valence-corrected chi connectivity index (χ2v) is 5.65. The summed E-state index contributed by atoms with van der Waals surface area (Å²) in [5.74, 6) is -3.11. The van der Waals surface area contributed by atoms with E-state index in [0.29, 0.717) is 11.3 Å². The van der Waals surface area contributed by atoms with Gasteiger partial charge >= 0.3 is 11.9 Å². The maximum atomic E-state index is 12.1. The Hall–Kier alpha value is -2.08. The number of hydrogen-bond donors (Lipinski definition) is 2. The first-order valence-corrected chi connectivity index (χ1v) is 6.51. The van der Waals surface area contributed by atoms with Crippen LogP contribution in [0.3, 0.4) is 0 Å². The molecule has 0 bridgehead atoms. The summed E-state index contributed by atoms with van der Waals surface area (Å²) in [7, 11) is 1.49. The number of carbonyl (C=O) groups is 2. The molecule has 2 atom stereocenters. The van der Waals surface area contributed by atoms with Crippen molar-refractivity contribution in [2.75, 3.05) is 7.11 Å². The zero-order valence-electron chi connectivity index (χ0n) is 12.6. The maximum absolute atomic E-state index is 12.1. The molecule has 0 aromatic heterocycles. The normalized spacial score (nSPS) is 14.1. The van der Waals surface area contributed by atoms with Gasteiger partial charge in [-0.15, -0.1) is 0 Å². The van der Waals surface area contributed by atoms with Gasteiger partial charge < -0.3 is 20.3 Å². The Balaban J connectivity index is 3.04. The van der Waals surface area contributed by atoms with Crippen molar-refractivity contribution in [3.63, 3.8) is 0 Å². The molecule has 0 aliphatic carbocycles. The van der Waals surface area contributed by atoms with Crippen LogP contribution in [0.2, 0.25) is 0 Å². The maximum Gasteiger partial charge on any atom is 0.322 e. The van der Waals surface area contributed by atoms with Crippen LogP contribution >= 0.6 is 0 Å². The van der Waals surface area contributed by atoms with E-state index >= 15 is 0 Å². The minimum Gasteiger partial charge on any atom is -0.497 e. The van der Waals surface area contributed by atoms with Gasteiger partial charge in [-0.25, -0.2) is 0 Å². The Morgan fingerprint density at radius 3 is 2.38 bits per heavy atom. The number of methoxy groups -OCH3 is 1. The van der Waals surface area contributed by atoms with Crippen LogP contribution < -0.4 is 10.5 Å². The van der Waals surface area contributed by atoms with Crippen molar-refractivity contribution in [2.45, 2.75) is 32.4 Å². The minimum absolute atomic E-state index is 0.493. The van der Waals surface area contributed by atoms with Gasteiger partial charge in [-0.2, -0.15) is 0 Å². The average Bonchev–Trinajstić information content (AvgIpc) is 2.36. The number of esters is 1. The fraction of sp³-hybridized carbons (Fsp3) is 0.467. The zero-order valence-corrected chi connectivity index (χ0v) is 12.6. The molecule has 0 saturated carbocycles. The summed E-state index contributed by atoms with van der Waals surface area (Å²) >= 11 is 0. The van der Waals surface area contributed by atoms with Crippen LogP contribution in [0.25, 0.3) is 0 Å². The van der Waals surface area contributed by atoms with E-state index in [4.69, 9.17) is 15.2 Å². The predicted molar refractivity (Wildman–Crippen MR) is 76.9 cm³/mol. The molecule has 0 heterocycles. The van der Waals surface area contributed by atoms with E-state index in [1.54, 1.807) is 45.0 Å². The lowest BCUT2D eigenvalue weighted by atomic mass is 9.93.